The van der Waals surface area contributed by atoms with Crippen molar-refractivity contribution >= 4 is 33.7 Å². The summed E-state index contributed by atoms with van der Waals surface area (Å²) in [5.74, 6) is 1.20. The van der Waals surface area contributed by atoms with Gasteiger partial charge in [-0.1, -0.05) is 29.0 Å². The highest BCUT2D eigenvalue weighted by Gasteiger charge is 2.15. The van der Waals surface area contributed by atoms with Gasteiger partial charge in [0.05, 0.1) is 0 Å². The second kappa shape index (κ2) is 13.2. The Bertz CT molecular complexity index is 1180. The van der Waals surface area contributed by atoms with E-state index in [9.17, 15) is 9.59 Å². The Morgan fingerprint density at radius 2 is 1.81 bits per heavy atom. The second-order valence-electron chi connectivity index (χ2n) is 8.01. The zero-order valence-electron chi connectivity index (χ0n) is 20.2. The van der Waals surface area contributed by atoms with Crippen molar-refractivity contribution in [1.82, 2.24) is 4.98 Å². The van der Waals surface area contributed by atoms with Crippen LogP contribution in [0.1, 0.15) is 22.3 Å². The lowest BCUT2D eigenvalue weighted by molar-refractivity contribution is -0.138. The quantitative estimate of drug-likeness (QED) is 0.138. The summed E-state index contributed by atoms with van der Waals surface area (Å²) in [5, 5.41) is 9.94. The lowest BCUT2D eigenvalue weighted by Gasteiger charge is -2.16. The van der Waals surface area contributed by atoms with E-state index in [4.69, 9.17) is 25.1 Å². The minimum Gasteiger partial charge on any atom is -0.480 e. The molecule has 0 aliphatic rings. The average molecular weight is 529 g/mol. The Kier molecular flexibility index (Phi) is 10.0. The Hall–Kier alpha value is -3.21. The number of aliphatic carboxylic acids is 1. The van der Waals surface area contributed by atoms with Gasteiger partial charge >= 0.3 is 12.1 Å². The fourth-order valence-electron chi connectivity index (χ4n) is 3.35. The molecular weight excluding hydrogens is 500 g/mol. The van der Waals surface area contributed by atoms with Crippen molar-refractivity contribution in [2.45, 2.75) is 38.3 Å². The number of carbonyl (C=O) groups is 2. The molecule has 0 radical (unpaired) electrons. The number of nitrogens with zero attached hydrogens (tertiary/aromatic N) is 1. The van der Waals surface area contributed by atoms with Crippen LogP contribution in [0.2, 0.25) is 0 Å². The summed E-state index contributed by atoms with van der Waals surface area (Å²) in [5.41, 5.74) is 8.93. The smallest absolute Gasteiger partial charge is 0.480 e. The number of nitrogens with two attached hydrogens (primary N) is 1. The summed E-state index contributed by atoms with van der Waals surface area (Å²) in [6.07, 6.45) is 1.20. The van der Waals surface area contributed by atoms with Crippen LogP contribution in [0.3, 0.4) is 0 Å². The van der Waals surface area contributed by atoms with Crippen LogP contribution in [0.25, 0.3) is 0 Å². The van der Waals surface area contributed by atoms with Crippen molar-refractivity contribution < 1.29 is 28.9 Å². The number of ether oxygens (including phenoxy) is 3. The molecule has 0 spiro atoms. The van der Waals surface area contributed by atoms with Crippen LogP contribution in [-0.2, 0) is 16.0 Å². The molecule has 0 saturated carbocycles. The second-order valence-corrected chi connectivity index (χ2v) is 10.4. The van der Waals surface area contributed by atoms with Crippen LogP contribution in [-0.4, -0.2) is 40.6 Å². The molecule has 1 atom stereocenters. The maximum absolute atomic E-state index is 12.1. The molecule has 10 heteroatoms. The molecule has 8 nitrogen and oxygen atoms in total. The van der Waals surface area contributed by atoms with E-state index >= 15 is 0 Å². The zero-order chi connectivity index (χ0) is 26.1. The number of pyridine rings is 1. The SMILES string of the molecule is Cc1cc(Oc2c(C)cc(CC(N)C(=O)O)cc2C)ccc1OC(=O)OCCSSc1ccccn1. The standard InChI is InChI=1S/C26H28N2O6S2/c1-16-14-20(33-24-17(2)12-19(13-18(24)3)15-21(27)25(29)30)7-8-22(16)34-26(31)32-10-11-35-36-23-6-4-5-9-28-23/h4-9,12-14,21H,10-11,15,27H2,1-3H3,(H,29,30). The Labute approximate surface area is 217 Å². The molecule has 0 fully saturated rings. The fourth-order valence-corrected chi connectivity index (χ4v) is 5.06. The predicted molar refractivity (Wildman–Crippen MR) is 141 cm³/mol. The number of carbonyl (C=O) groups excluding carboxylic acids is 1. The van der Waals surface area contributed by atoms with E-state index in [-0.39, 0.29) is 13.0 Å². The molecule has 3 N–H and O–H groups in total. The lowest BCUT2D eigenvalue weighted by Crippen LogP contribution is -2.32. The molecule has 190 valence electrons. The van der Waals surface area contributed by atoms with Gasteiger partial charge in [-0.05, 0) is 90.6 Å². The minimum atomic E-state index is -1.04. The predicted octanol–water partition coefficient (Wildman–Crippen LogP) is 5.71. The number of rotatable bonds is 11. The highest BCUT2D eigenvalue weighted by Crippen LogP contribution is 2.33. The Balaban J connectivity index is 1.51. The topological polar surface area (TPSA) is 121 Å². The number of carboxylic acids is 1. The Morgan fingerprint density at radius 1 is 1.06 bits per heavy atom. The van der Waals surface area contributed by atoms with Gasteiger partial charge in [-0.25, -0.2) is 9.78 Å². The normalized spacial score (nSPS) is 11.6. The first-order chi connectivity index (χ1) is 17.2. The number of carboxylic acid groups (broad SMARTS) is 1. The zero-order valence-corrected chi connectivity index (χ0v) is 21.9. The summed E-state index contributed by atoms with van der Waals surface area (Å²) in [6.45, 7) is 5.82. The van der Waals surface area contributed by atoms with Gasteiger partial charge < -0.3 is 25.1 Å². The minimum absolute atomic E-state index is 0.218. The first kappa shape index (κ1) is 27.4. The molecule has 2 aromatic carbocycles. The number of hydrogen-bond acceptors (Lipinski definition) is 9. The van der Waals surface area contributed by atoms with E-state index in [1.807, 2.05) is 51.1 Å². The van der Waals surface area contributed by atoms with Gasteiger partial charge in [-0.3, -0.25) is 4.79 Å². The maximum atomic E-state index is 12.1. The summed E-state index contributed by atoms with van der Waals surface area (Å²) in [4.78, 5) is 27.3. The highest BCUT2D eigenvalue weighted by atomic mass is 33.1. The van der Waals surface area contributed by atoms with Crippen molar-refractivity contribution in [2.24, 2.45) is 5.73 Å². The van der Waals surface area contributed by atoms with E-state index < -0.39 is 18.2 Å². The van der Waals surface area contributed by atoms with Gasteiger partial charge in [0.15, 0.2) is 0 Å². The number of benzene rings is 2. The molecule has 1 aromatic heterocycles. The molecule has 3 rings (SSSR count). The summed E-state index contributed by atoms with van der Waals surface area (Å²) < 4.78 is 16.6. The molecule has 0 amide bonds. The molecule has 3 aromatic rings. The number of aryl methyl sites for hydroxylation is 3. The van der Waals surface area contributed by atoms with Crippen LogP contribution in [0.15, 0.2) is 59.8 Å². The molecule has 1 heterocycles. The van der Waals surface area contributed by atoms with E-state index in [1.165, 1.54) is 10.8 Å². The molecule has 0 bridgehead atoms. The van der Waals surface area contributed by atoms with Crippen LogP contribution < -0.4 is 15.2 Å². The van der Waals surface area contributed by atoms with Crippen LogP contribution in [0, 0.1) is 20.8 Å². The van der Waals surface area contributed by atoms with E-state index in [0.29, 0.717) is 28.6 Å². The van der Waals surface area contributed by atoms with Crippen LogP contribution in [0.4, 0.5) is 4.79 Å². The molecule has 0 aliphatic heterocycles. The lowest BCUT2D eigenvalue weighted by atomic mass is 10.0. The van der Waals surface area contributed by atoms with Crippen molar-refractivity contribution in [3.8, 4) is 17.2 Å². The number of hydrogen-bond donors (Lipinski definition) is 2. The summed E-state index contributed by atoms with van der Waals surface area (Å²) in [7, 11) is 3.06. The van der Waals surface area contributed by atoms with Crippen molar-refractivity contribution in [3.63, 3.8) is 0 Å². The monoisotopic (exact) mass is 528 g/mol. The van der Waals surface area contributed by atoms with Crippen molar-refractivity contribution in [2.75, 3.05) is 12.4 Å². The third-order valence-electron chi connectivity index (χ3n) is 5.02. The highest BCUT2D eigenvalue weighted by molar-refractivity contribution is 8.76. The summed E-state index contributed by atoms with van der Waals surface area (Å²) >= 11 is 0. The van der Waals surface area contributed by atoms with Crippen LogP contribution in [0.5, 0.6) is 17.2 Å². The third-order valence-corrected chi connectivity index (χ3v) is 7.25. The van der Waals surface area contributed by atoms with Gasteiger partial charge in [0, 0.05) is 11.9 Å². The fraction of sp³-hybridized carbons (Fsp3) is 0.269. The van der Waals surface area contributed by atoms with Gasteiger partial charge in [0.1, 0.15) is 34.9 Å². The van der Waals surface area contributed by atoms with E-state index in [0.717, 1.165) is 21.7 Å². The van der Waals surface area contributed by atoms with Gasteiger partial charge in [-0.15, -0.1) is 0 Å². The van der Waals surface area contributed by atoms with Crippen molar-refractivity contribution in [1.29, 1.82) is 0 Å². The largest absolute Gasteiger partial charge is 0.513 e. The molecule has 1 unspecified atom stereocenters. The van der Waals surface area contributed by atoms with E-state index in [2.05, 4.69) is 4.98 Å². The first-order valence-corrected chi connectivity index (χ1v) is 13.5. The van der Waals surface area contributed by atoms with E-state index in [1.54, 1.807) is 35.2 Å². The molecule has 0 aliphatic carbocycles. The summed E-state index contributed by atoms with van der Waals surface area (Å²) in [6, 6.07) is 13.6. The number of aromatic nitrogens is 1. The third kappa shape index (κ3) is 8.18. The van der Waals surface area contributed by atoms with Gasteiger partial charge in [0.25, 0.3) is 0 Å². The van der Waals surface area contributed by atoms with Crippen LogP contribution >= 0.6 is 21.6 Å². The molecule has 0 saturated heterocycles. The average Bonchev–Trinajstić information content (AvgIpc) is 2.83. The van der Waals surface area contributed by atoms with Crippen molar-refractivity contribution in [3.05, 3.63) is 77.0 Å². The maximum Gasteiger partial charge on any atom is 0.513 e. The van der Waals surface area contributed by atoms with Gasteiger partial charge in [-0.2, -0.15) is 0 Å². The molecule has 36 heavy (non-hydrogen) atoms. The first-order valence-electron chi connectivity index (χ1n) is 11.1. The molecular formula is C26H28N2O6S2. The Morgan fingerprint density at radius 3 is 2.44 bits per heavy atom. The van der Waals surface area contributed by atoms with Gasteiger partial charge in [0.2, 0.25) is 0 Å².